The van der Waals surface area contributed by atoms with Crippen LogP contribution in [0.3, 0.4) is 0 Å². The van der Waals surface area contributed by atoms with Gasteiger partial charge in [0.1, 0.15) is 0 Å². The second-order valence-corrected chi connectivity index (χ2v) is 6.89. The maximum Gasteiger partial charge on any atom is 0.193 e. The molecule has 0 spiro atoms. The summed E-state index contributed by atoms with van der Waals surface area (Å²) in [5.41, 5.74) is 0. The van der Waals surface area contributed by atoms with Gasteiger partial charge in [-0.2, -0.15) is 0 Å². The van der Waals surface area contributed by atoms with E-state index in [0.29, 0.717) is 0 Å². The Morgan fingerprint density at radius 2 is 2.30 bits per heavy atom. The predicted octanol–water partition coefficient (Wildman–Crippen LogP) is 3.62. The quantitative estimate of drug-likeness (QED) is 0.256. The fraction of sp³-hybridized carbons (Fsp3) is 0.706. The largest absolute Gasteiger partial charge is 0.381 e. The van der Waals surface area contributed by atoms with Crippen molar-refractivity contribution in [3.05, 3.63) is 22.4 Å². The first-order valence-corrected chi connectivity index (χ1v) is 9.27. The maximum atomic E-state index is 5.65. The van der Waals surface area contributed by atoms with Gasteiger partial charge in [0.15, 0.2) is 5.96 Å². The van der Waals surface area contributed by atoms with Crippen molar-refractivity contribution in [3.63, 3.8) is 0 Å². The monoisotopic (exact) mass is 451 g/mol. The van der Waals surface area contributed by atoms with Crippen LogP contribution < -0.4 is 5.32 Å². The Morgan fingerprint density at radius 1 is 1.48 bits per heavy atom. The lowest BCUT2D eigenvalue weighted by Gasteiger charge is -2.21. The van der Waals surface area contributed by atoms with Crippen molar-refractivity contribution in [2.45, 2.75) is 32.6 Å². The van der Waals surface area contributed by atoms with Crippen LogP contribution >= 0.6 is 35.3 Å². The van der Waals surface area contributed by atoms with Crippen LogP contribution in [0.15, 0.2) is 22.5 Å². The van der Waals surface area contributed by atoms with E-state index in [9.17, 15) is 0 Å². The van der Waals surface area contributed by atoms with E-state index >= 15 is 0 Å². The van der Waals surface area contributed by atoms with Gasteiger partial charge in [-0.25, -0.2) is 0 Å². The number of hydrogen-bond donors (Lipinski definition) is 1. The number of likely N-dealkylation sites (N-methyl/N-ethyl adjacent to an activating group) is 1. The highest BCUT2D eigenvalue weighted by Crippen LogP contribution is 2.28. The van der Waals surface area contributed by atoms with Crippen LogP contribution in [-0.4, -0.2) is 50.8 Å². The minimum Gasteiger partial charge on any atom is -0.381 e. The molecule has 4 nitrogen and oxygen atoms in total. The molecule has 23 heavy (non-hydrogen) atoms. The summed E-state index contributed by atoms with van der Waals surface area (Å²) >= 11 is 1.82. The van der Waals surface area contributed by atoms with Gasteiger partial charge in [0, 0.05) is 44.8 Å². The third-order valence-electron chi connectivity index (χ3n) is 3.73. The van der Waals surface area contributed by atoms with E-state index in [1.165, 1.54) is 17.7 Å². The van der Waals surface area contributed by atoms with E-state index < -0.39 is 0 Å². The van der Waals surface area contributed by atoms with Crippen LogP contribution in [0.5, 0.6) is 0 Å². The van der Waals surface area contributed by atoms with E-state index in [0.717, 1.165) is 57.6 Å². The van der Waals surface area contributed by atoms with Crippen molar-refractivity contribution in [2.75, 3.05) is 39.9 Å². The Morgan fingerprint density at radius 3 is 2.96 bits per heavy atom. The van der Waals surface area contributed by atoms with Crippen molar-refractivity contribution < 1.29 is 4.74 Å². The Bertz CT molecular complexity index is 435. The van der Waals surface area contributed by atoms with Crippen molar-refractivity contribution >= 4 is 41.3 Å². The zero-order valence-electron chi connectivity index (χ0n) is 14.3. The summed E-state index contributed by atoms with van der Waals surface area (Å²) in [6.07, 6.45) is 4.79. The van der Waals surface area contributed by atoms with Gasteiger partial charge >= 0.3 is 0 Å². The number of thiophene rings is 1. The van der Waals surface area contributed by atoms with Gasteiger partial charge in [0.25, 0.3) is 0 Å². The molecule has 0 aliphatic heterocycles. The van der Waals surface area contributed by atoms with E-state index in [4.69, 9.17) is 9.73 Å². The number of ether oxygens (including phenoxy) is 1. The zero-order valence-corrected chi connectivity index (χ0v) is 17.4. The smallest absolute Gasteiger partial charge is 0.193 e. The number of aliphatic imine (C=N–C) groups is 1. The van der Waals surface area contributed by atoms with Crippen molar-refractivity contribution in [1.29, 1.82) is 0 Å². The average molecular weight is 451 g/mol. The van der Waals surface area contributed by atoms with E-state index in [-0.39, 0.29) is 24.0 Å². The van der Waals surface area contributed by atoms with Crippen molar-refractivity contribution in [2.24, 2.45) is 10.9 Å². The van der Waals surface area contributed by atoms with Crippen LogP contribution in [0.4, 0.5) is 0 Å². The topological polar surface area (TPSA) is 36.9 Å². The molecule has 0 bridgehead atoms. The average Bonchev–Trinajstić information content (AvgIpc) is 3.20. The van der Waals surface area contributed by atoms with Crippen LogP contribution in [0, 0.1) is 5.92 Å². The van der Waals surface area contributed by atoms with Crippen LogP contribution in [-0.2, 0) is 11.2 Å². The Hall–Kier alpha value is -0.340. The molecule has 1 aromatic rings. The van der Waals surface area contributed by atoms with Gasteiger partial charge in [0.05, 0.1) is 0 Å². The number of nitrogens with one attached hydrogen (secondary N) is 1. The highest BCUT2D eigenvalue weighted by atomic mass is 127. The third kappa shape index (κ3) is 8.91. The maximum absolute atomic E-state index is 5.65. The van der Waals surface area contributed by atoms with Crippen LogP contribution in [0.1, 0.15) is 31.1 Å². The summed E-state index contributed by atoms with van der Waals surface area (Å²) in [7, 11) is 2.11. The molecule has 1 aliphatic carbocycles. The molecule has 0 saturated heterocycles. The lowest BCUT2D eigenvalue weighted by atomic mass is 10.3. The van der Waals surface area contributed by atoms with Crippen molar-refractivity contribution in [1.82, 2.24) is 10.2 Å². The van der Waals surface area contributed by atoms with Gasteiger partial charge in [-0.15, -0.1) is 35.3 Å². The van der Waals surface area contributed by atoms with Gasteiger partial charge < -0.3 is 15.0 Å². The molecular weight excluding hydrogens is 421 g/mol. The molecule has 132 valence electrons. The first kappa shape index (κ1) is 20.7. The van der Waals surface area contributed by atoms with Gasteiger partial charge in [-0.05, 0) is 50.0 Å². The summed E-state index contributed by atoms with van der Waals surface area (Å²) in [6, 6.07) is 4.31. The molecular formula is C17H30IN3OS. The minimum absolute atomic E-state index is 0. The molecule has 1 N–H and O–H groups in total. The van der Waals surface area contributed by atoms with Gasteiger partial charge in [0.2, 0.25) is 0 Å². The molecule has 2 rings (SSSR count). The van der Waals surface area contributed by atoms with Gasteiger partial charge in [-0.1, -0.05) is 6.07 Å². The Balaban J connectivity index is 0.00000264. The number of nitrogens with zero attached hydrogens (tertiary/aromatic N) is 2. The molecule has 0 amide bonds. The Labute approximate surface area is 161 Å². The molecule has 0 unspecified atom stereocenters. The highest BCUT2D eigenvalue weighted by Gasteiger charge is 2.20. The van der Waals surface area contributed by atoms with Gasteiger partial charge in [-0.3, -0.25) is 4.99 Å². The normalized spacial score (nSPS) is 14.4. The lowest BCUT2D eigenvalue weighted by molar-refractivity contribution is 0.123. The second kappa shape index (κ2) is 12.1. The summed E-state index contributed by atoms with van der Waals surface area (Å²) in [5, 5.41) is 5.51. The van der Waals surface area contributed by atoms with Crippen molar-refractivity contribution in [3.8, 4) is 0 Å². The summed E-state index contributed by atoms with van der Waals surface area (Å²) in [5.74, 6) is 1.85. The first-order chi connectivity index (χ1) is 10.8. The fourth-order valence-electron chi connectivity index (χ4n) is 2.19. The predicted molar refractivity (Wildman–Crippen MR) is 110 cm³/mol. The highest BCUT2D eigenvalue weighted by molar-refractivity contribution is 14.0. The summed E-state index contributed by atoms with van der Waals surface area (Å²) in [6.45, 7) is 6.62. The molecule has 0 atom stereocenters. The van der Waals surface area contributed by atoms with E-state index in [2.05, 4.69) is 41.7 Å². The SMILES string of the molecule is CCNC(=NCCCOCC1CC1)N(C)CCc1cccs1.I. The second-order valence-electron chi connectivity index (χ2n) is 5.86. The number of rotatable bonds is 10. The molecule has 0 aromatic carbocycles. The minimum atomic E-state index is 0. The lowest BCUT2D eigenvalue weighted by Crippen LogP contribution is -2.40. The van der Waals surface area contributed by atoms with E-state index in [1.54, 1.807) is 0 Å². The molecule has 1 heterocycles. The van der Waals surface area contributed by atoms with E-state index in [1.807, 2.05) is 11.3 Å². The molecule has 1 saturated carbocycles. The molecule has 1 fully saturated rings. The molecule has 1 aromatic heterocycles. The standard InChI is InChI=1S/C17H29N3OS.HI/c1-3-18-17(19-10-5-12-21-14-15-7-8-15)20(2)11-9-16-6-4-13-22-16;/h4,6,13,15H,3,5,7-12,14H2,1-2H3,(H,18,19);1H. The fourth-order valence-corrected chi connectivity index (χ4v) is 2.89. The Kier molecular flexibility index (Phi) is 10.9. The van der Waals surface area contributed by atoms with Crippen LogP contribution in [0.25, 0.3) is 0 Å². The first-order valence-electron chi connectivity index (χ1n) is 8.39. The summed E-state index contributed by atoms with van der Waals surface area (Å²) < 4.78 is 5.65. The number of guanidine groups is 1. The zero-order chi connectivity index (χ0) is 15.6. The number of halogens is 1. The third-order valence-corrected chi connectivity index (χ3v) is 4.67. The molecule has 6 heteroatoms. The summed E-state index contributed by atoms with van der Waals surface area (Å²) in [4.78, 5) is 8.34. The molecule has 0 radical (unpaired) electrons. The molecule has 1 aliphatic rings. The number of hydrogen-bond acceptors (Lipinski definition) is 3. The van der Waals surface area contributed by atoms with Crippen LogP contribution in [0.2, 0.25) is 0 Å².